The van der Waals surface area contributed by atoms with Crippen molar-refractivity contribution in [3.63, 3.8) is 0 Å². The van der Waals surface area contributed by atoms with E-state index in [9.17, 15) is 57.5 Å². The third-order valence-electron chi connectivity index (χ3n) is 9.73. The molecule has 0 aromatic carbocycles. The molecule has 0 aliphatic carbocycles. The van der Waals surface area contributed by atoms with Gasteiger partial charge in [0.25, 0.3) is 0 Å². The second kappa shape index (κ2) is 24.9. The molecule has 63 heavy (non-hydrogen) atoms. The maximum Gasteiger partial charge on any atom is 0.325 e. The number of hydrogen-bond donors (Lipinski definition) is 10. The normalized spacial score (nSPS) is 17.5. The minimum absolute atomic E-state index is 0.171. The zero-order valence-corrected chi connectivity index (χ0v) is 37.6. The predicted octanol–water partition coefficient (Wildman–Crippen LogP) is -5.64. The molecule has 354 valence electrons. The highest BCUT2D eigenvalue weighted by Crippen LogP contribution is 2.19. The summed E-state index contributed by atoms with van der Waals surface area (Å²) in [5.41, 5.74) is 5.49. The van der Waals surface area contributed by atoms with Crippen LogP contribution in [0.5, 0.6) is 0 Å². The van der Waals surface area contributed by atoms with E-state index in [-0.39, 0.29) is 13.0 Å². The molecule has 0 aromatic heterocycles. The number of rotatable bonds is 22. The van der Waals surface area contributed by atoms with Gasteiger partial charge in [0, 0.05) is 20.6 Å². The van der Waals surface area contributed by atoms with Gasteiger partial charge in [-0.05, 0) is 75.2 Å². The molecule has 0 radical (unpaired) electrons. The molecule has 25 heteroatoms. The predicted molar refractivity (Wildman–Crippen MR) is 222 cm³/mol. The Bertz CT molecular complexity index is 1760. The average molecular weight is 897 g/mol. The van der Waals surface area contributed by atoms with Gasteiger partial charge in [-0.25, -0.2) is 0 Å². The van der Waals surface area contributed by atoms with Gasteiger partial charge in [-0.3, -0.25) is 57.5 Å². The fourth-order valence-electron chi connectivity index (χ4n) is 5.89. The number of amides is 11. The molecule has 10 atom stereocenters. The molecule has 1 aliphatic heterocycles. The van der Waals surface area contributed by atoms with Crippen LogP contribution in [0.2, 0.25) is 0 Å². The topological polar surface area (TPSA) is 357 Å². The summed E-state index contributed by atoms with van der Waals surface area (Å²) in [6, 6.07) is -10.9. The molecule has 0 aromatic rings. The van der Waals surface area contributed by atoms with E-state index in [1.807, 2.05) is 0 Å². The van der Waals surface area contributed by atoms with Crippen LogP contribution in [0.1, 0.15) is 75.2 Å². The number of likely N-dealkylation sites (tertiary alicyclic amines) is 1. The molecule has 11 amide bonds. The Morgan fingerprint density at radius 3 is 1.29 bits per heavy atom. The lowest BCUT2D eigenvalue weighted by Crippen LogP contribution is -2.58. The summed E-state index contributed by atoms with van der Waals surface area (Å²) in [7, 11) is 2.57. The molecule has 11 N–H and O–H groups in total. The Labute approximate surface area is 365 Å². The van der Waals surface area contributed by atoms with Gasteiger partial charge in [0.2, 0.25) is 65.0 Å². The van der Waals surface area contributed by atoms with Gasteiger partial charge >= 0.3 is 5.97 Å². The highest BCUT2D eigenvalue weighted by molar-refractivity contribution is 5.98. The number of nitrogens with zero attached hydrogens (tertiary/aromatic N) is 3. The van der Waals surface area contributed by atoms with Crippen LogP contribution < -0.4 is 48.3 Å². The summed E-state index contributed by atoms with van der Waals surface area (Å²) in [6.07, 6.45) is 0.689. The zero-order chi connectivity index (χ0) is 48.6. The number of aliphatic carboxylic acids is 1. The van der Waals surface area contributed by atoms with Crippen molar-refractivity contribution < 1.29 is 62.6 Å². The van der Waals surface area contributed by atoms with Crippen molar-refractivity contribution in [2.45, 2.75) is 136 Å². The first kappa shape index (κ1) is 54.6. The SMILES string of the molecule is C[C@H](N)C(=O)N[C@@H](C)C(=O)N[C@@H](C)C(=O)N[C@@H](C)C(=O)N[C@@H](C)C(=O)N1CCC[C@@H]1C(=O)N[C@@H](C)C(=O)N[C@@H](C)C(=O)N(C)CC(=O)N[C@@H](C)C(=O)N(C)CC(=O)N[C@@H](C)C(=O)O. The van der Waals surface area contributed by atoms with Crippen molar-refractivity contribution in [2.75, 3.05) is 33.7 Å². The Balaban J connectivity index is 2.67. The first-order valence-corrected chi connectivity index (χ1v) is 20.3. The van der Waals surface area contributed by atoms with Crippen molar-refractivity contribution in [3.8, 4) is 0 Å². The van der Waals surface area contributed by atoms with Crippen molar-refractivity contribution in [1.29, 1.82) is 0 Å². The fourth-order valence-corrected chi connectivity index (χ4v) is 5.89. The molecule has 1 aliphatic rings. The van der Waals surface area contributed by atoms with Crippen LogP contribution in [0.4, 0.5) is 0 Å². The molecule has 1 heterocycles. The third kappa shape index (κ3) is 17.5. The Morgan fingerprint density at radius 1 is 0.524 bits per heavy atom. The summed E-state index contributed by atoms with van der Waals surface area (Å²) in [4.78, 5) is 154. The second-order valence-electron chi connectivity index (χ2n) is 15.7. The Kier molecular flexibility index (Phi) is 21.6. The number of carboxylic acid groups (broad SMARTS) is 1. The number of carboxylic acids is 1. The lowest BCUT2D eigenvalue weighted by atomic mass is 10.1. The summed E-state index contributed by atoms with van der Waals surface area (Å²) < 4.78 is 0. The summed E-state index contributed by atoms with van der Waals surface area (Å²) >= 11 is 0. The van der Waals surface area contributed by atoms with E-state index in [1.165, 1.54) is 81.3 Å². The van der Waals surface area contributed by atoms with Crippen LogP contribution in [0.3, 0.4) is 0 Å². The van der Waals surface area contributed by atoms with Gasteiger partial charge in [0.15, 0.2) is 0 Å². The Morgan fingerprint density at radius 2 is 0.873 bits per heavy atom. The zero-order valence-electron chi connectivity index (χ0n) is 37.6. The van der Waals surface area contributed by atoms with E-state index in [0.717, 1.165) is 9.80 Å². The van der Waals surface area contributed by atoms with Crippen LogP contribution in [-0.2, 0) is 57.5 Å². The molecule has 1 saturated heterocycles. The van der Waals surface area contributed by atoms with Crippen LogP contribution in [-0.4, -0.2) is 185 Å². The van der Waals surface area contributed by atoms with E-state index < -0.39 is 144 Å². The molecule has 0 spiro atoms. The standard InChI is InChI=1S/C38H64N12O13/c1-17(39)29(53)42-18(2)30(54)43-19(3)31(55)44-20(4)32(56)47-24(8)37(61)50-14-12-13-26(50)34(58)45-21(5)33(57)46-23(7)36(60)49(11)15-27(51)40-22(6)35(59)48(10)16-28(52)41-25(9)38(62)63/h17-26H,12-16,39H2,1-11H3,(H,40,51)(H,41,52)(H,42,53)(H,43,54)(H,44,55)(H,45,58)(H,46,57)(H,47,56)(H,62,63)/t17-,18-,19-,20-,21-,22-,23-,24-,25-,26+/m0/s1. The number of carbonyl (C=O) groups excluding carboxylic acids is 11. The molecule has 1 fully saturated rings. The van der Waals surface area contributed by atoms with Crippen LogP contribution in [0.15, 0.2) is 0 Å². The quantitative estimate of drug-likeness (QED) is 0.0485. The van der Waals surface area contributed by atoms with Crippen LogP contribution >= 0.6 is 0 Å². The van der Waals surface area contributed by atoms with E-state index >= 15 is 0 Å². The van der Waals surface area contributed by atoms with Crippen molar-refractivity contribution >= 4 is 70.9 Å². The van der Waals surface area contributed by atoms with Gasteiger partial charge in [-0.15, -0.1) is 0 Å². The number of nitrogens with two attached hydrogens (primary N) is 1. The fraction of sp³-hybridized carbons (Fsp3) is 0.684. The minimum atomic E-state index is -1.26. The van der Waals surface area contributed by atoms with E-state index in [1.54, 1.807) is 0 Å². The summed E-state index contributed by atoms with van der Waals surface area (Å²) in [5.74, 6) is -8.79. The van der Waals surface area contributed by atoms with Crippen molar-refractivity contribution in [2.24, 2.45) is 5.73 Å². The second-order valence-corrected chi connectivity index (χ2v) is 15.7. The number of nitrogens with one attached hydrogen (secondary N) is 8. The number of hydrogen-bond acceptors (Lipinski definition) is 13. The van der Waals surface area contributed by atoms with E-state index in [0.29, 0.717) is 6.42 Å². The first-order chi connectivity index (χ1) is 29.1. The highest BCUT2D eigenvalue weighted by Gasteiger charge is 2.38. The first-order valence-electron chi connectivity index (χ1n) is 20.3. The van der Waals surface area contributed by atoms with Crippen LogP contribution in [0.25, 0.3) is 0 Å². The molecule has 1 rings (SSSR count). The molecule has 25 nitrogen and oxygen atoms in total. The molecule has 0 unspecified atom stereocenters. The minimum Gasteiger partial charge on any atom is -0.480 e. The summed E-state index contributed by atoms with van der Waals surface area (Å²) in [6.45, 7) is 11.5. The van der Waals surface area contributed by atoms with Crippen molar-refractivity contribution in [3.05, 3.63) is 0 Å². The smallest absolute Gasteiger partial charge is 0.325 e. The van der Waals surface area contributed by atoms with E-state index in [2.05, 4.69) is 42.5 Å². The number of likely N-dealkylation sites (N-methyl/N-ethyl adjacent to an activating group) is 2. The van der Waals surface area contributed by atoms with Crippen LogP contribution in [0, 0.1) is 0 Å². The number of carbonyl (C=O) groups is 12. The van der Waals surface area contributed by atoms with Gasteiger partial charge in [-0.1, -0.05) is 0 Å². The highest BCUT2D eigenvalue weighted by atomic mass is 16.4. The largest absolute Gasteiger partial charge is 0.480 e. The lowest BCUT2D eigenvalue weighted by Gasteiger charge is -2.29. The molecular formula is C38H64N12O13. The molecule has 0 bridgehead atoms. The van der Waals surface area contributed by atoms with Gasteiger partial charge < -0.3 is 68.1 Å². The van der Waals surface area contributed by atoms with Gasteiger partial charge in [0.05, 0.1) is 19.1 Å². The van der Waals surface area contributed by atoms with Gasteiger partial charge in [-0.2, -0.15) is 0 Å². The Hall–Kier alpha value is -6.40. The lowest BCUT2D eigenvalue weighted by molar-refractivity contribution is -0.142. The maximum absolute atomic E-state index is 13.4. The molecular weight excluding hydrogens is 832 g/mol. The third-order valence-corrected chi connectivity index (χ3v) is 9.73. The summed E-state index contributed by atoms with van der Waals surface area (Å²) in [5, 5.41) is 28.3. The average Bonchev–Trinajstić information content (AvgIpc) is 3.69. The monoisotopic (exact) mass is 896 g/mol. The molecule has 0 saturated carbocycles. The van der Waals surface area contributed by atoms with Crippen molar-refractivity contribution in [1.82, 2.24) is 57.2 Å². The van der Waals surface area contributed by atoms with Gasteiger partial charge in [0.1, 0.15) is 54.4 Å². The van der Waals surface area contributed by atoms with E-state index in [4.69, 9.17) is 10.8 Å². The maximum atomic E-state index is 13.4.